The number of aryl methyl sites for hydroxylation is 1. The maximum Gasteiger partial charge on any atom is 0.321 e. The van der Waals surface area contributed by atoms with E-state index in [1.165, 1.54) is 24.3 Å². The Labute approximate surface area is 184 Å². The summed E-state index contributed by atoms with van der Waals surface area (Å²) in [6, 6.07) is 10.4. The predicted octanol–water partition coefficient (Wildman–Crippen LogP) is 3.79. The number of halogens is 2. The van der Waals surface area contributed by atoms with Gasteiger partial charge in [-0.1, -0.05) is 17.7 Å². The highest BCUT2D eigenvalue weighted by molar-refractivity contribution is 6.39. The lowest BCUT2D eigenvalue weighted by molar-refractivity contribution is -0.136. The second-order valence-electron chi connectivity index (χ2n) is 7.50. The molecule has 31 heavy (non-hydrogen) atoms. The van der Waals surface area contributed by atoms with Gasteiger partial charge in [-0.3, -0.25) is 9.59 Å². The maximum atomic E-state index is 13.0. The zero-order chi connectivity index (χ0) is 22.4. The summed E-state index contributed by atoms with van der Waals surface area (Å²) in [6.45, 7) is 3.26. The van der Waals surface area contributed by atoms with Gasteiger partial charge in [0.2, 0.25) is 0 Å². The van der Waals surface area contributed by atoms with Crippen LogP contribution in [-0.4, -0.2) is 42.4 Å². The monoisotopic (exact) mass is 446 g/mol. The Bertz CT molecular complexity index is 960. The van der Waals surface area contributed by atoms with Crippen molar-refractivity contribution in [3.63, 3.8) is 0 Å². The molecule has 0 spiro atoms. The number of carbonyl (C=O) groups excluding carboxylic acids is 3. The highest BCUT2D eigenvalue weighted by Crippen LogP contribution is 2.20. The molecule has 1 aliphatic heterocycles. The first-order valence-electron chi connectivity index (χ1n) is 9.98. The Morgan fingerprint density at radius 2 is 1.65 bits per heavy atom. The van der Waals surface area contributed by atoms with Gasteiger partial charge in [0, 0.05) is 36.0 Å². The summed E-state index contributed by atoms with van der Waals surface area (Å²) in [5, 5.41) is 8.42. The normalized spacial score (nSPS) is 14.1. The van der Waals surface area contributed by atoms with Crippen LogP contribution in [0.2, 0.25) is 5.02 Å². The zero-order valence-corrected chi connectivity index (χ0v) is 17.8. The Balaban J connectivity index is 1.39. The number of likely N-dealkylation sites (tertiary alicyclic amines) is 1. The molecule has 0 unspecified atom stereocenters. The van der Waals surface area contributed by atoms with E-state index in [4.69, 9.17) is 11.6 Å². The van der Waals surface area contributed by atoms with E-state index in [-0.39, 0.29) is 17.8 Å². The number of nitrogens with one attached hydrogen (secondary N) is 3. The van der Waals surface area contributed by atoms with Gasteiger partial charge in [0.25, 0.3) is 0 Å². The van der Waals surface area contributed by atoms with Crippen LogP contribution in [0.25, 0.3) is 0 Å². The van der Waals surface area contributed by atoms with E-state index in [9.17, 15) is 18.8 Å². The lowest BCUT2D eigenvalue weighted by Crippen LogP contribution is -2.44. The molecule has 0 atom stereocenters. The van der Waals surface area contributed by atoms with E-state index in [1.807, 2.05) is 6.92 Å². The van der Waals surface area contributed by atoms with Crippen LogP contribution in [0.15, 0.2) is 42.5 Å². The van der Waals surface area contributed by atoms with Crippen molar-refractivity contribution < 1.29 is 18.8 Å². The maximum absolute atomic E-state index is 13.0. The lowest BCUT2D eigenvalue weighted by atomic mass is 9.97. The van der Waals surface area contributed by atoms with Gasteiger partial charge in [0.05, 0.1) is 0 Å². The fraction of sp³-hybridized carbons (Fsp3) is 0.318. The molecular formula is C22H24ClFN4O3. The number of piperidine rings is 1. The van der Waals surface area contributed by atoms with E-state index < -0.39 is 11.8 Å². The van der Waals surface area contributed by atoms with E-state index in [0.717, 1.165) is 5.56 Å². The van der Waals surface area contributed by atoms with Crippen molar-refractivity contribution in [1.29, 1.82) is 0 Å². The summed E-state index contributed by atoms with van der Waals surface area (Å²) in [5.74, 6) is -1.66. The third-order valence-corrected chi connectivity index (χ3v) is 5.59. The summed E-state index contributed by atoms with van der Waals surface area (Å²) in [6.07, 6.45) is 1.40. The number of benzene rings is 2. The number of anilines is 2. The van der Waals surface area contributed by atoms with E-state index >= 15 is 0 Å². The summed E-state index contributed by atoms with van der Waals surface area (Å²) in [4.78, 5) is 38.1. The molecule has 0 bridgehead atoms. The van der Waals surface area contributed by atoms with Crippen molar-refractivity contribution >= 4 is 40.8 Å². The van der Waals surface area contributed by atoms with Gasteiger partial charge in [0.15, 0.2) is 0 Å². The molecule has 1 aliphatic rings. The molecule has 1 saturated heterocycles. The summed E-state index contributed by atoms with van der Waals surface area (Å²) in [5.41, 5.74) is 1.86. The molecule has 0 aliphatic carbocycles. The highest BCUT2D eigenvalue weighted by Gasteiger charge is 2.24. The number of rotatable bonds is 4. The molecule has 9 heteroatoms. The number of hydrogen-bond donors (Lipinski definition) is 3. The van der Waals surface area contributed by atoms with E-state index in [1.54, 1.807) is 23.1 Å². The molecule has 7 nitrogen and oxygen atoms in total. The number of hydrogen-bond acceptors (Lipinski definition) is 3. The van der Waals surface area contributed by atoms with Gasteiger partial charge in [-0.05, 0) is 67.6 Å². The van der Waals surface area contributed by atoms with Gasteiger partial charge < -0.3 is 20.9 Å². The molecule has 0 saturated carbocycles. The number of urea groups is 1. The van der Waals surface area contributed by atoms with Gasteiger partial charge in [-0.2, -0.15) is 0 Å². The van der Waals surface area contributed by atoms with Crippen LogP contribution < -0.4 is 16.0 Å². The summed E-state index contributed by atoms with van der Waals surface area (Å²) >= 11 is 6.03. The average Bonchev–Trinajstić information content (AvgIpc) is 2.76. The number of carbonyl (C=O) groups is 3. The van der Waals surface area contributed by atoms with Crippen molar-refractivity contribution in [3.8, 4) is 0 Å². The number of nitrogens with zero attached hydrogens (tertiary/aromatic N) is 1. The average molecular weight is 447 g/mol. The largest absolute Gasteiger partial charge is 0.348 e. The fourth-order valence-corrected chi connectivity index (χ4v) is 3.43. The molecule has 0 radical (unpaired) electrons. The van der Waals surface area contributed by atoms with E-state index in [0.29, 0.717) is 48.9 Å². The Morgan fingerprint density at radius 1 is 1.00 bits per heavy atom. The van der Waals surface area contributed by atoms with Crippen LogP contribution in [0.4, 0.5) is 20.6 Å². The molecule has 2 aromatic rings. The molecule has 2 aromatic carbocycles. The van der Waals surface area contributed by atoms with Gasteiger partial charge in [-0.15, -0.1) is 0 Å². The smallest absolute Gasteiger partial charge is 0.321 e. The molecule has 4 amide bonds. The second-order valence-corrected chi connectivity index (χ2v) is 7.90. The minimum absolute atomic E-state index is 0.167. The lowest BCUT2D eigenvalue weighted by Gasteiger charge is -2.32. The molecule has 164 valence electrons. The number of amides is 4. The van der Waals surface area contributed by atoms with Crippen molar-refractivity contribution in [2.45, 2.75) is 19.8 Å². The zero-order valence-electron chi connectivity index (χ0n) is 17.1. The fourth-order valence-electron chi connectivity index (χ4n) is 3.25. The van der Waals surface area contributed by atoms with Gasteiger partial charge in [-0.25, -0.2) is 9.18 Å². The Kier molecular flexibility index (Phi) is 7.46. The molecule has 0 aromatic heterocycles. The summed E-state index contributed by atoms with van der Waals surface area (Å²) < 4.78 is 13.0. The molecule has 1 heterocycles. The topological polar surface area (TPSA) is 90.5 Å². The van der Waals surface area contributed by atoms with Crippen LogP contribution in [0, 0.1) is 18.7 Å². The third kappa shape index (κ3) is 6.42. The third-order valence-electron chi connectivity index (χ3n) is 5.18. The minimum atomic E-state index is -0.754. The van der Waals surface area contributed by atoms with E-state index in [2.05, 4.69) is 16.0 Å². The van der Waals surface area contributed by atoms with Crippen LogP contribution in [-0.2, 0) is 9.59 Å². The van der Waals surface area contributed by atoms with Crippen molar-refractivity contribution in [3.05, 3.63) is 58.9 Å². The minimum Gasteiger partial charge on any atom is -0.348 e. The first-order chi connectivity index (χ1) is 14.8. The van der Waals surface area contributed by atoms with Gasteiger partial charge >= 0.3 is 17.8 Å². The first kappa shape index (κ1) is 22.6. The first-order valence-corrected chi connectivity index (χ1v) is 10.4. The summed E-state index contributed by atoms with van der Waals surface area (Å²) in [7, 11) is 0. The van der Waals surface area contributed by atoms with Crippen LogP contribution in [0.3, 0.4) is 0 Å². The van der Waals surface area contributed by atoms with Crippen LogP contribution >= 0.6 is 11.6 Å². The van der Waals surface area contributed by atoms with Crippen molar-refractivity contribution in [1.82, 2.24) is 10.2 Å². The SMILES string of the molecule is Cc1ccc(NC(=O)C(=O)NCC2CCN(C(=O)Nc3ccc(F)cc3)CC2)cc1Cl. The Morgan fingerprint density at radius 3 is 2.29 bits per heavy atom. The predicted molar refractivity (Wildman–Crippen MR) is 118 cm³/mol. The molecule has 1 fully saturated rings. The quantitative estimate of drug-likeness (QED) is 0.624. The standard InChI is InChI=1S/C22H24ClFN4O3/c1-14-2-5-18(12-19(14)23)26-21(30)20(29)25-13-15-8-10-28(11-9-15)22(31)27-17-6-3-16(24)4-7-17/h2-7,12,15H,8-11,13H2,1H3,(H,25,29)(H,26,30)(H,27,31). The highest BCUT2D eigenvalue weighted by atomic mass is 35.5. The van der Waals surface area contributed by atoms with Gasteiger partial charge in [0.1, 0.15) is 5.82 Å². The second kappa shape index (κ2) is 10.3. The van der Waals surface area contributed by atoms with Crippen molar-refractivity contribution in [2.75, 3.05) is 30.3 Å². The molecular weight excluding hydrogens is 423 g/mol. The molecule has 3 N–H and O–H groups in total. The molecule has 3 rings (SSSR count). The van der Waals surface area contributed by atoms with Crippen LogP contribution in [0.1, 0.15) is 18.4 Å². The van der Waals surface area contributed by atoms with Crippen molar-refractivity contribution in [2.24, 2.45) is 5.92 Å². The van der Waals surface area contributed by atoms with Crippen LogP contribution in [0.5, 0.6) is 0 Å². The Hall–Kier alpha value is -3.13.